The van der Waals surface area contributed by atoms with Gasteiger partial charge in [0, 0.05) is 23.3 Å². The smallest absolute Gasteiger partial charge is 0.240 e. The molecule has 2 amide bonds. The third-order valence-electron chi connectivity index (χ3n) is 4.55. The van der Waals surface area contributed by atoms with E-state index in [-0.39, 0.29) is 17.9 Å². The minimum atomic E-state index is -0.903. The number of ether oxygens (including phenoxy) is 1. The molecule has 1 atom stereocenters. The van der Waals surface area contributed by atoms with Crippen LogP contribution in [0.15, 0.2) is 22.7 Å². The fraction of sp³-hybridized carbons (Fsp3) is 0.529. The first kappa shape index (κ1) is 16.5. The van der Waals surface area contributed by atoms with Crippen LogP contribution in [-0.4, -0.2) is 31.1 Å². The van der Waals surface area contributed by atoms with Crippen LogP contribution >= 0.6 is 15.9 Å². The third-order valence-corrected chi connectivity index (χ3v) is 5.44. The molecule has 2 fully saturated rings. The van der Waals surface area contributed by atoms with Crippen LogP contribution in [0.2, 0.25) is 0 Å². The van der Waals surface area contributed by atoms with Crippen LogP contribution in [0.4, 0.5) is 5.69 Å². The van der Waals surface area contributed by atoms with Crippen molar-refractivity contribution in [1.82, 2.24) is 5.32 Å². The van der Waals surface area contributed by atoms with Gasteiger partial charge in [-0.25, -0.2) is 0 Å². The van der Waals surface area contributed by atoms with Crippen molar-refractivity contribution in [2.75, 3.05) is 18.5 Å². The fourth-order valence-electron chi connectivity index (χ4n) is 2.84. The molecule has 1 unspecified atom stereocenters. The number of halogens is 1. The maximum atomic E-state index is 12.5. The van der Waals surface area contributed by atoms with Crippen molar-refractivity contribution in [2.45, 2.75) is 38.7 Å². The van der Waals surface area contributed by atoms with Gasteiger partial charge in [0.25, 0.3) is 0 Å². The molecule has 1 aliphatic carbocycles. The lowest BCUT2D eigenvalue weighted by Gasteiger charge is -2.17. The van der Waals surface area contributed by atoms with Crippen LogP contribution in [-0.2, 0) is 14.3 Å². The number of aryl methyl sites for hydroxylation is 1. The first-order valence-electron chi connectivity index (χ1n) is 7.99. The van der Waals surface area contributed by atoms with E-state index in [2.05, 4.69) is 26.6 Å². The van der Waals surface area contributed by atoms with Crippen molar-refractivity contribution in [3.8, 4) is 0 Å². The predicted molar refractivity (Wildman–Crippen MR) is 91.2 cm³/mol. The van der Waals surface area contributed by atoms with E-state index in [1.807, 2.05) is 25.1 Å². The molecule has 1 heterocycles. The molecule has 1 saturated carbocycles. The van der Waals surface area contributed by atoms with E-state index in [1.165, 1.54) is 0 Å². The summed E-state index contributed by atoms with van der Waals surface area (Å²) >= 11 is 3.43. The molecule has 1 aromatic rings. The second-order valence-corrected chi connectivity index (χ2v) is 7.20. The average Bonchev–Trinajstić information content (AvgIpc) is 3.18. The Morgan fingerprint density at radius 1 is 1.35 bits per heavy atom. The quantitative estimate of drug-likeness (QED) is 0.771. The van der Waals surface area contributed by atoms with Crippen molar-refractivity contribution in [1.29, 1.82) is 0 Å². The van der Waals surface area contributed by atoms with Crippen molar-refractivity contribution >= 4 is 33.4 Å². The second kappa shape index (κ2) is 6.61. The zero-order chi connectivity index (χ0) is 16.4. The number of carbonyl (C=O) groups excluding carboxylic acids is 2. The molecule has 124 valence electrons. The summed E-state index contributed by atoms with van der Waals surface area (Å²) in [6.07, 6.45) is 3.30. The molecule has 0 aromatic heterocycles. The molecule has 1 saturated heterocycles. The monoisotopic (exact) mass is 380 g/mol. The third kappa shape index (κ3) is 3.58. The standard InChI is InChI=1S/C17H21BrN2O3/c1-11-9-12(4-5-14(11)18)20-16(22)17(6-7-17)15(21)19-10-13-3-2-8-23-13/h4-5,9,13H,2-3,6-8,10H2,1H3,(H,19,21)(H,20,22). The van der Waals surface area contributed by atoms with Crippen LogP contribution < -0.4 is 10.6 Å². The molecular weight excluding hydrogens is 360 g/mol. The Bertz CT molecular complexity index is 622. The van der Waals surface area contributed by atoms with E-state index < -0.39 is 5.41 Å². The molecule has 2 N–H and O–H groups in total. The highest BCUT2D eigenvalue weighted by molar-refractivity contribution is 9.10. The normalized spacial score (nSPS) is 21.7. The average molecular weight is 381 g/mol. The summed E-state index contributed by atoms with van der Waals surface area (Å²) in [7, 11) is 0. The molecule has 1 aromatic carbocycles. The van der Waals surface area contributed by atoms with Gasteiger partial charge in [-0.05, 0) is 56.4 Å². The maximum Gasteiger partial charge on any atom is 0.240 e. The van der Waals surface area contributed by atoms with Crippen LogP contribution in [0.25, 0.3) is 0 Å². The summed E-state index contributed by atoms with van der Waals surface area (Å²) in [6, 6.07) is 5.61. The van der Waals surface area contributed by atoms with Crippen molar-refractivity contribution in [3.63, 3.8) is 0 Å². The van der Waals surface area contributed by atoms with E-state index in [1.54, 1.807) is 0 Å². The highest BCUT2D eigenvalue weighted by Gasteiger charge is 2.56. The van der Waals surface area contributed by atoms with Gasteiger partial charge in [-0.1, -0.05) is 15.9 Å². The number of hydrogen-bond donors (Lipinski definition) is 2. The topological polar surface area (TPSA) is 67.4 Å². The molecule has 1 aliphatic heterocycles. The number of rotatable bonds is 5. The van der Waals surface area contributed by atoms with Crippen molar-refractivity contribution in [3.05, 3.63) is 28.2 Å². The summed E-state index contributed by atoms with van der Waals surface area (Å²) in [6.45, 7) is 3.21. The molecular formula is C17H21BrN2O3. The number of benzene rings is 1. The van der Waals surface area contributed by atoms with Crippen molar-refractivity contribution in [2.24, 2.45) is 5.41 Å². The van der Waals surface area contributed by atoms with Gasteiger partial charge < -0.3 is 15.4 Å². The highest BCUT2D eigenvalue weighted by atomic mass is 79.9. The first-order valence-corrected chi connectivity index (χ1v) is 8.78. The Hall–Kier alpha value is -1.40. The molecule has 0 bridgehead atoms. The second-order valence-electron chi connectivity index (χ2n) is 6.35. The predicted octanol–water partition coefficient (Wildman–Crippen LogP) is 2.77. The molecule has 2 aliphatic rings. The molecule has 0 spiro atoms. The van der Waals surface area contributed by atoms with Gasteiger partial charge in [0.05, 0.1) is 6.10 Å². The van der Waals surface area contributed by atoms with Gasteiger partial charge in [0.2, 0.25) is 11.8 Å². The Balaban J connectivity index is 1.58. The lowest BCUT2D eigenvalue weighted by atomic mass is 10.0. The summed E-state index contributed by atoms with van der Waals surface area (Å²) in [5, 5.41) is 5.75. The Kier molecular flexibility index (Phi) is 4.73. The van der Waals surface area contributed by atoms with Crippen LogP contribution in [0.3, 0.4) is 0 Å². The number of anilines is 1. The highest BCUT2D eigenvalue weighted by Crippen LogP contribution is 2.47. The summed E-state index contributed by atoms with van der Waals surface area (Å²) in [4.78, 5) is 24.9. The van der Waals surface area contributed by atoms with E-state index in [0.717, 1.165) is 29.5 Å². The van der Waals surface area contributed by atoms with E-state index in [9.17, 15) is 9.59 Å². The summed E-state index contributed by atoms with van der Waals surface area (Å²) in [5.74, 6) is -0.400. The number of carbonyl (C=O) groups is 2. The number of nitrogens with one attached hydrogen (secondary N) is 2. The Labute approximate surface area is 144 Å². The summed E-state index contributed by atoms with van der Waals surface area (Å²) in [5.41, 5.74) is 0.851. The van der Waals surface area contributed by atoms with Crippen LogP contribution in [0.1, 0.15) is 31.2 Å². The minimum absolute atomic E-state index is 0.0898. The van der Waals surface area contributed by atoms with E-state index in [4.69, 9.17) is 4.74 Å². The zero-order valence-electron chi connectivity index (χ0n) is 13.2. The van der Waals surface area contributed by atoms with E-state index >= 15 is 0 Å². The largest absolute Gasteiger partial charge is 0.376 e. The van der Waals surface area contributed by atoms with Gasteiger partial charge >= 0.3 is 0 Å². The molecule has 5 nitrogen and oxygen atoms in total. The molecule has 23 heavy (non-hydrogen) atoms. The van der Waals surface area contributed by atoms with Crippen molar-refractivity contribution < 1.29 is 14.3 Å². The lowest BCUT2D eigenvalue weighted by Crippen LogP contribution is -2.42. The van der Waals surface area contributed by atoms with Gasteiger partial charge in [-0.15, -0.1) is 0 Å². The van der Waals surface area contributed by atoms with Gasteiger partial charge in [-0.2, -0.15) is 0 Å². The minimum Gasteiger partial charge on any atom is -0.376 e. The maximum absolute atomic E-state index is 12.5. The Morgan fingerprint density at radius 2 is 2.13 bits per heavy atom. The number of hydrogen-bond acceptors (Lipinski definition) is 3. The van der Waals surface area contributed by atoms with Crippen LogP contribution in [0.5, 0.6) is 0 Å². The SMILES string of the molecule is Cc1cc(NC(=O)C2(C(=O)NCC3CCCO3)CC2)ccc1Br. The summed E-state index contributed by atoms with van der Waals surface area (Å²) < 4.78 is 6.49. The van der Waals surface area contributed by atoms with Gasteiger partial charge in [0.1, 0.15) is 5.41 Å². The van der Waals surface area contributed by atoms with Gasteiger partial charge in [0.15, 0.2) is 0 Å². The van der Waals surface area contributed by atoms with Crippen LogP contribution in [0, 0.1) is 12.3 Å². The molecule has 6 heteroatoms. The Morgan fingerprint density at radius 3 is 2.74 bits per heavy atom. The molecule has 0 radical (unpaired) electrons. The first-order chi connectivity index (χ1) is 11.0. The zero-order valence-corrected chi connectivity index (χ0v) is 14.7. The van der Waals surface area contributed by atoms with Gasteiger partial charge in [-0.3, -0.25) is 9.59 Å². The number of amides is 2. The molecule has 3 rings (SSSR count). The van der Waals surface area contributed by atoms with E-state index in [0.29, 0.717) is 25.1 Å². The fourth-order valence-corrected chi connectivity index (χ4v) is 3.08. The lowest BCUT2D eigenvalue weighted by molar-refractivity contribution is -0.134.